The van der Waals surface area contributed by atoms with Gasteiger partial charge in [0.2, 0.25) is 0 Å². The largest absolute Gasteiger partial charge is 0.496 e. The van der Waals surface area contributed by atoms with E-state index in [0.29, 0.717) is 0 Å². The topological polar surface area (TPSA) is 35.3 Å². The Hall–Kier alpha value is -1.29. The van der Waals surface area contributed by atoms with Gasteiger partial charge in [-0.2, -0.15) is 0 Å². The molecule has 0 N–H and O–H groups in total. The summed E-state index contributed by atoms with van der Waals surface area (Å²) in [5, 5.41) is 3.85. The molecule has 0 atom stereocenters. The third-order valence-corrected chi connectivity index (χ3v) is 2.51. The van der Waals surface area contributed by atoms with Crippen molar-refractivity contribution in [1.82, 2.24) is 5.16 Å². The molecule has 0 aliphatic heterocycles. The molecule has 3 nitrogen and oxygen atoms in total. The summed E-state index contributed by atoms with van der Waals surface area (Å²) in [6.07, 6.45) is 1.55. The monoisotopic (exact) mass is 253 g/mol. The molecule has 72 valence electrons. The van der Waals surface area contributed by atoms with Crippen LogP contribution in [-0.2, 0) is 0 Å². The standard InChI is InChI=1S/C10H8BrNO2/c1-13-10-3-2-7(6-8(10)11)9-4-5-14-12-9/h2-6H,1H3. The average Bonchev–Trinajstić information content (AvgIpc) is 2.70. The van der Waals surface area contributed by atoms with Gasteiger partial charge in [0.25, 0.3) is 0 Å². The maximum atomic E-state index is 5.13. The van der Waals surface area contributed by atoms with E-state index in [0.717, 1.165) is 21.5 Å². The van der Waals surface area contributed by atoms with Crippen molar-refractivity contribution < 1.29 is 9.26 Å². The zero-order valence-electron chi connectivity index (χ0n) is 7.53. The minimum absolute atomic E-state index is 0.803. The van der Waals surface area contributed by atoms with E-state index < -0.39 is 0 Å². The molecule has 0 aliphatic rings. The minimum Gasteiger partial charge on any atom is -0.496 e. The zero-order valence-corrected chi connectivity index (χ0v) is 9.11. The van der Waals surface area contributed by atoms with Gasteiger partial charge in [-0.1, -0.05) is 5.16 Å². The highest BCUT2D eigenvalue weighted by atomic mass is 79.9. The van der Waals surface area contributed by atoms with Crippen molar-refractivity contribution >= 4 is 15.9 Å². The molecule has 0 saturated carbocycles. The maximum absolute atomic E-state index is 5.13. The van der Waals surface area contributed by atoms with Crippen LogP contribution in [0.1, 0.15) is 0 Å². The second kappa shape index (κ2) is 3.84. The van der Waals surface area contributed by atoms with Crippen molar-refractivity contribution in [1.29, 1.82) is 0 Å². The Labute approximate surface area is 89.8 Å². The summed E-state index contributed by atoms with van der Waals surface area (Å²) in [7, 11) is 1.63. The van der Waals surface area contributed by atoms with Gasteiger partial charge in [0.05, 0.1) is 11.6 Å². The van der Waals surface area contributed by atoms with Gasteiger partial charge in [-0.25, -0.2) is 0 Å². The van der Waals surface area contributed by atoms with E-state index in [2.05, 4.69) is 21.1 Å². The zero-order chi connectivity index (χ0) is 9.97. The maximum Gasteiger partial charge on any atom is 0.133 e. The van der Waals surface area contributed by atoms with Crippen LogP contribution in [0.5, 0.6) is 5.75 Å². The van der Waals surface area contributed by atoms with Crippen LogP contribution in [-0.4, -0.2) is 12.3 Å². The van der Waals surface area contributed by atoms with Gasteiger partial charge in [0.15, 0.2) is 0 Å². The van der Waals surface area contributed by atoms with Crippen molar-refractivity contribution in [2.24, 2.45) is 0 Å². The second-order valence-corrected chi connectivity index (χ2v) is 3.59. The number of nitrogens with zero attached hydrogens (tertiary/aromatic N) is 1. The van der Waals surface area contributed by atoms with Crippen molar-refractivity contribution in [2.75, 3.05) is 7.11 Å². The van der Waals surface area contributed by atoms with Gasteiger partial charge in [-0.15, -0.1) is 0 Å². The molecule has 2 aromatic rings. The Morgan fingerprint density at radius 2 is 2.21 bits per heavy atom. The quantitative estimate of drug-likeness (QED) is 0.825. The summed E-state index contributed by atoms with van der Waals surface area (Å²) >= 11 is 3.41. The summed E-state index contributed by atoms with van der Waals surface area (Å²) in [6.45, 7) is 0. The van der Waals surface area contributed by atoms with E-state index in [1.165, 1.54) is 0 Å². The molecule has 1 heterocycles. The first kappa shape index (κ1) is 9.27. The van der Waals surface area contributed by atoms with Gasteiger partial charge >= 0.3 is 0 Å². The number of aromatic nitrogens is 1. The lowest BCUT2D eigenvalue weighted by molar-refractivity contribution is 0.412. The van der Waals surface area contributed by atoms with Gasteiger partial charge in [-0.05, 0) is 34.1 Å². The number of halogens is 1. The molecule has 0 amide bonds. The highest BCUT2D eigenvalue weighted by Gasteiger charge is 2.04. The number of benzene rings is 1. The lowest BCUT2D eigenvalue weighted by Crippen LogP contribution is -1.85. The first-order valence-corrected chi connectivity index (χ1v) is 4.85. The first-order chi connectivity index (χ1) is 6.81. The van der Waals surface area contributed by atoms with E-state index >= 15 is 0 Å². The molecule has 0 saturated heterocycles. The minimum atomic E-state index is 0.803. The van der Waals surface area contributed by atoms with Crippen LogP contribution in [0.2, 0.25) is 0 Å². The SMILES string of the molecule is COc1ccc(-c2ccon2)cc1Br. The molecular formula is C10H8BrNO2. The molecule has 0 unspecified atom stereocenters. The predicted octanol–water partition coefficient (Wildman–Crippen LogP) is 3.11. The third-order valence-electron chi connectivity index (χ3n) is 1.89. The number of rotatable bonds is 2. The van der Waals surface area contributed by atoms with Crippen LogP contribution >= 0.6 is 15.9 Å². The molecule has 1 aromatic heterocycles. The van der Waals surface area contributed by atoms with Crippen LogP contribution in [0, 0.1) is 0 Å². The normalized spacial score (nSPS) is 10.1. The number of hydrogen-bond donors (Lipinski definition) is 0. The van der Waals surface area contributed by atoms with E-state index in [-0.39, 0.29) is 0 Å². The molecule has 0 radical (unpaired) electrons. The van der Waals surface area contributed by atoms with Crippen molar-refractivity contribution in [3.8, 4) is 17.0 Å². The molecule has 0 spiro atoms. The summed E-state index contributed by atoms with van der Waals surface area (Å²) in [5.41, 5.74) is 1.81. The van der Waals surface area contributed by atoms with Crippen LogP contribution in [0.3, 0.4) is 0 Å². The molecular weight excluding hydrogens is 246 g/mol. The summed E-state index contributed by atoms with van der Waals surface area (Å²) < 4.78 is 10.8. The highest BCUT2D eigenvalue weighted by molar-refractivity contribution is 9.10. The molecule has 0 bridgehead atoms. The molecule has 4 heteroatoms. The second-order valence-electron chi connectivity index (χ2n) is 2.73. The van der Waals surface area contributed by atoms with Gasteiger partial charge in [-0.3, -0.25) is 0 Å². The van der Waals surface area contributed by atoms with Crippen molar-refractivity contribution in [3.63, 3.8) is 0 Å². The fourth-order valence-electron chi connectivity index (χ4n) is 1.19. The molecule has 2 rings (SSSR count). The first-order valence-electron chi connectivity index (χ1n) is 4.05. The molecule has 0 fully saturated rings. The predicted molar refractivity (Wildman–Crippen MR) is 56.2 cm³/mol. The Morgan fingerprint density at radius 3 is 2.79 bits per heavy atom. The Bertz CT molecular complexity index is 426. The van der Waals surface area contributed by atoms with Crippen LogP contribution < -0.4 is 4.74 Å². The van der Waals surface area contributed by atoms with E-state index in [9.17, 15) is 0 Å². The summed E-state index contributed by atoms with van der Waals surface area (Å²) in [5.74, 6) is 0.803. The Morgan fingerprint density at radius 1 is 1.36 bits per heavy atom. The molecule has 0 aliphatic carbocycles. The third kappa shape index (κ3) is 1.65. The highest BCUT2D eigenvalue weighted by Crippen LogP contribution is 2.29. The van der Waals surface area contributed by atoms with Crippen LogP contribution in [0.4, 0.5) is 0 Å². The fraction of sp³-hybridized carbons (Fsp3) is 0.100. The lowest BCUT2D eigenvalue weighted by atomic mass is 10.1. The average molecular weight is 254 g/mol. The summed E-state index contributed by atoms with van der Waals surface area (Å²) in [6, 6.07) is 7.57. The number of ether oxygens (including phenoxy) is 1. The van der Waals surface area contributed by atoms with Gasteiger partial charge in [0, 0.05) is 11.6 Å². The van der Waals surface area contributed by atoms with E-state index in [4.69, 9.17) is 9.26 Å². The lowest BCUT2D eigenvalue weighted by Gasteiger charge is -2.03. The smallest absolute Gasteiger partial charge is 0.133 e. The Balaban J connectivity index is 2.43. The molecule has 1 aromatic carbocycles. The Kier molecular flexibility index (Phi) is 2.54. The van der Waals surface area contributed by atoms with Crippen molar-refractivity contribution in [2.45, 2.75) is 0 Å². The fourth-order valence-corrected chi connectivity index (χ4v) is 1.73. The van der Waals surface area contributed by atoms with Crippen molar-refractivity contribution in [3.05, 3.63) is 35.0 Å². The van der Waals surface area contributed by atoms with Crippen LogP contribution in [0.25, 0.3) is 11.3 Å². The van der Waals surface area contributed by atoms with E-state index in [1.807, 2.05) is 24.3 Å². The number of methoxy groups -OCH3 is 1. The molecule has 14 heavy (non-hydrogen) atoms. The van der Waals surface area contributed by atoms with Crippen LogP contribution in [0.15, 0.2) is 39.5 Å². The van der Waals surface area contributed by atoms with E-state index in [1.54, 1.807) is 13.4 Å². The number of hydrogen-bond acceptors (Lipinski definition) is 3. The summed E-state index contributed by atoms with van der Waals surface area (Å²) in [4.78, 5) is 0. The van der Waals surface area contributed by atoms with Gasteiger partial charge < -0.3 is 9.26 Å². The van der Waals surface area contributed by atoms with Gasteiger partial charge in [0.1, 0.15) is 17.7 Å².